The number of primary amides is 1. The Morgan fingerprint density at radius 1 is 1.27 bits per heavy atom. The molecule has 22 heavy (non-hydrogen) atoms. The molecule has 1 aromatic carbocycles. The molecule has 2 amide bonds. The minimum Gasteiger partial charge on any atom is -0.395 e. The Balaban J connectivity index is 2.56. The van der Waals surface area contributed by atoms with Crippen LogP contribution < -0.4 is 5.73 Å². The highest BCUT2D eigenvalue weighted by molar-refractivity contribution is 5.99. The van der Waals surface area contributed by atoms with Gasteiger partial charge in [0.1, 0.15) is 4.92 Å². The first kappa shape index (κ1) is 15.2. The van der Waals surface area contributed by atoms with Crippen molar-refractivity contribution in [2.24, 2.45) is 5.73 Å². The van der Waals surface area contributed by atoms with Crippen molar-refractivity contribution in [1.29, 1.82) is 0 Å². The second-order valence-electron chi connectivity index (χ2n) is 4.73. The molecule has 0 spiro atoms. The molecule has 1 heterocycles. The summed E-state index contributed by atoms with van der Waals surface area (Å²) in [7, 11) is 3.21. The van der Waals surface area contributed by atoms with E-state index in [1.165, 1.54) is 11.0 Å². The lowest BCUT2D eigenvalue weighted by atomic mass is 10.0. The van der Waals surface area contributed by atoms with Crippen molar-refractivity contribution < 1.29 is 18.9 Å². The lowest BCUT2D eigenvalue weighted by molar-refractivity contribution is -0.402. The van der Waals surface area contributed by atoms with E-state index in [-0.39, 0.29) is 17.2 Å². The minimum absolute atomic E-state index is 0.174. The first-order valence-corrected chi connectivity index (χ1v) is 6.21. The molecule has 0 aliphatic carbocycles. The van der Waals surface area contributed by atoms with E-state index in [1.54, 1.807) is 32.3 Å². The molecule has 0 fully saturated rings. The van der Waals surface area contributed by atoms with E-state index in [9.17, 15) is 19.7 Å². The Bertz CT molecular complexity index is 764. The number of nitro groups is 1. The van der Waals surface area contributed by atoms with Gasteiger partial charge in [-0.05, 0) is 17.7 Å². The van der Waals surface area contributed by atoms with Gasteiger partial charge in [0.05, 0.1) is 6.07 Å². The molecule has 0 atom stereocenters. The molecular weight excluding hydrogens is 290 g/mol. The Kier molecular flexibility index (Phi) is 3.93. The van der Waals surface area contributed by atoms with E-state index in [0.717, 1.165) is 6.07 Å². The van der Waals surface area contributed by atoms with Gasteiger partial charge in [-0.2, -0.15) is 0 Å². The zero-order valence-corrected chi connectivity index (χ0v) is 11.9. The van der Waals surface area contributed by atoms with Crippen molar-refractivity contribution in [3.05, 3.63) is 51.8 Å². The van der Waals surface area contributed by atoms with Gasteiger partial charge in [0.25, 0.3) is 11.8 Å². The van der Waals surface area contributed by atoms with Gasteiger partial charge < -0.3 is 15.1 Å². The predicted octanol–water partition coefficient (Wildman–Crippen LogP) is 1.66. The zero-order chi connectivity index (χ0) is 16.4. The van der Waals surface area contributed by atoms with Gasteiger partial charge in [0, 0.05) is 25.2 Å². The highest BCUT2D eigenvalue weighted by atomic mass is 16.6. The van der Waals surface area contributed by atoms with Crippen LogP contribution in [0.15, 0.2) is 34.7 Å². The molecule has 8 heteroatoms. The third kappa shape index (κ3) is 2.80. The van der Waals surface area contributed by atoms with Gasteiger partial charge >= 0.3 is 5.88 Å². The van der Waals surface area contributed by atoms with E-state index in [0.29, 0.717) is 11.1 Å². The van der Waals surface area contributed by atoms with Crippen LogP contribution in [0.25, 0.3) is 11.1 Å². The monoisotopic (exact) mass is 303 g/mol. The fraction of sp³-hybridized carbons (Fsp3) is 0.143. The van der Waals surface area contributed by atoms with Crippen LogP contribution in [0.1, 0.15) is 20.9 Å². The molecule has 0 bridgehead atoms. The molecule has 2 aromatic rings. The number of hydrogen-bond acceptors (Lipinski definition) is 5. The van der Waals surface area contributed by atoms with Crippen molar-refractivity contribution in [3.8, 4) is 11.1 Å². The largest absolute Gasteiger partial charge is 0.434 e. The van der Waals surface area contributed by atoms with Gasteiger partial charge in [0.2, 0.25) is 5.76 Å². The summed E-state index contributed by atoms with van der Waals surface area (Å²) in [6.07, 6.45) is 0. The molecule has 8 nitrogen and oxygen atoms in total. The molecule has 0 unspecified atom stereocenters. The fourth-order valence-corrected chi connectivity index (χ4v) is 1.94. The summed E-state index contributed by atoms with van der Waals surface area (Å²) in [6, 6.07) is 7.44. The van der Waals surface area contributed by atoms with Gasteiger partial charge in [-0.15, -0.1) is 0 Å². The van der Waals surface area contributed by atoms with Crippen molar-refractivity contribution in [2.45, 2.75) is 0 Å². The SMILES string of the molecule is CN(C)C(=O)c1cccc(-c2cc([N+](=O)[O-])oc2C(N)=O)c1. The number of amides is 2. The maximum absolute atomic E-state index is 12.0. The van der Waals surface area contributed by atoms with E-state index >= 15 is 0 Å². The molecule has 2 N–H and O–H groups in total. The summed E-state index contributed by atoms with van der Waals surface area (Å²) in [6.45, 7) is 0. The molecule has 0 radical (unpaired) electrons. The van der Waals surface area contributed by atoms with Gasteiger partial charge in [-0.25, -0.2) is 0 Å². The number of nitrogens with two attached hydrogens (primary N) is 1. The Morgan fingerprint density at radius 3 is 2.50 bits per heavy atom. The highest BCUT2D eigenvalue weighted by Gasteiger charge is 2.24. The van der Waals surface area contributed by atoms with E-state index in [1.807, 2.05) is 0 Å². The van der Waals surface area contributed by atoms with Crippen LogP contribution in [0.5, 0.6) is 0 Å². The summed E-state index contributed by atoms with van der Waals surface area (Å²) < 4.78 is 4.87. The normalized spacial score (nSPS) is 10.3. The number of benzene rings is 1. The number of carbonyl (C=O) groups excluding carboxylic acids is 2. The molecule has 0 aliphatic heterocycles. The minimum atomic E-state index is -0.924. The van der Waals surface area contributed by atoms with Crippen LogP contribution in [0.4, 0.5) is 5.88 Å². The fourth-order valence-electron chi connectivity index (χ4n) is 1.94. The summed E-state index contributed by atoms with van der Waals surface area (Å²) in [5.41, 5.74) is 6.16. The maximum Gasteiger partial charge on any atom is 0.434 e. The quantitative estimate of drug-likeness (QED) is 0.680. The molecule has 1 aromatic heterocycles. The van der Waals surface area contributed by atoms with Crippen LogP contribution in [0.2, 0.25) is 0 Å². The first-order chi connectivity index (χ1) is 10.3. The van der Waals surface area contributed by atoms with E-state index < -0.39 is 16.7 Å². The lowest BCUT2D eigenvalue weighted by Crippen LogP contribution is -2.21. The standard InChI is InChI=1S/C14H13N3O5/c1-16(2)14(19)9-5-3-4-8(6-9)10-7-11(17(20)21)22-12(10)13(15)18/h3-7H,1-2H3,(H2,15,18). The third-order valence-corrected chi connectivity index (χ3v) is 2.95. The summed E-state index contributed by atoms with van der Waals surface area (Å²) in [5, 5.41) is 10.8. The van der Waals surface area contributed by atoms with Gasteiger partial charge in [-0.1, -0.05) is 12.1 Å². The molecular formula is C14H13N3O5. The van der Waals surface area contributed by atoms with Crippen LogP contribution in [-0.2, 0) is 0 Å². The predicted molar refractivity (Wildman–Crippen MR) is 77.3 cm³/mol. The van der Waals surface area contributed by atoms with Crippen LogP contribution in [0.3, 0.4) is 0 Å². The summed E-state index contributed by atoms with van der Waals surface area (Å²) >= 11 is 0. The van der Waals surface area contributed by atoms with Crippen LogP contribution >= 0.6 is 0 Å². The molecule has 0 saturated carbocycles. The Hall–Kier alpha value is -3.16. The van der Waals surface area contributed by atoms with Crippen molar-refractivity contribution >= 4 is 17.7 Å². The van der Waals surface area contributed by atoms with Crippen molar-refractivity contribution in [3.63, 3.8) is 0 Å². The van der Waals surface area contributed by atoms with E-state index in [4.69, 9.17) is 10.2 Å². The number of nitrogens with zero attached hydrogens (tertiary/aromatic N) is 2. The van der Waals surface area contributed by atoms with Gasteiger partial charge in [0.15, 0.2) is 0 Å². The molecule has 2 rings (SSSR count). The van der Waals surface area contributed by atoms with Crippen LogP contribution in [0, 0.1) is 10.1 Å². The average molecular weight is 303 g/mol. The van der Waals surface area contributed by atoms with Gasteiger partial charge in [-0.3, -0.25) is 19.7 Å². The average Bonchev–Trinajstić information content (AvgIpc) is 2.92. The van der Waals surface area contributed by atoms with Crippen molar-refractivity contribution in [1.82, 2.24) is 4.90 Å². The molecule has 0 saturated heterocycles. The molecule has 0 aliphatic rings. The topological polar surface area (TPSA) is 120 Å². The summed E-state index contributed by atoms with van der Waals surface area (Å²) in [5.74, 6) is -2.07. The maximum atomic E-state index is 12.0. The second kappa shape index (κ2) is 5.68. The van der Waals surface area contributed by atoms with Crippen molar-refractivity contribution in [2.75, 3.05) is 14.1 Å². The number of rotatable bonds is 4. The first-order valence-electron chi connectivity index (χ1n) is 6.21. The zero-order valence-electron chi connectivity index (χ0n) is 11.9. The highest BCUT2D eigenvalue weighted by Crippen LogP contribution is 2.31. The van der Waals surface area contributed by atoms with E-state index in [2.05, 4.69) is 0 Å². The Morgan fingerprint density at radius 2 is 1.95 bits per heavy atom. The number of furan rings is 1. The molecule has 114 valence electrons. The lowest BCUT2D eigenvalue weighted by Gasteiger charge is -2.10. The Labute approximate surface area is 125 Å². The second-order valence-corrected chi connectivity index (χ2v) is 4.73. The number of carbonyl (C=O) groups is 2. The number of hydrogen-bond donors (Lipinski definition) is 1. The third-order valence-electron chi connectivity index (χ3n) is 2.95. The summed E-state index contributed by atoms with van der Waals surface area (Å²) in [4.78, 5) is 34.8. The smallest absolute Gasteiger partial charge is 0.395 e. The van der Waals surface area contributed by atoms with Crippen LogP contribution in [-0.4, -0.2) is 35.7 Å².